The van der Waals surface area contributed by atoms with Gasteiger partial charge >= 0.3 is 0 Å². The minimum atomic E-state index is 0.573. The second-order valence-corrected chi connectivity index (χ2v) is 18.6. The maximum atomic E-state index is 6.86. The topological polar surface area (TPSA) is 75.9 Å². The largest absolute Gasteiger partial charge is 0.252 e. The Morgan fingerprint density at radius 1 is 0.760 bits per heavy atom. The van der Waals surface area contributed by atoms with Gasteiger partial charge in [0.05, 0.1) is 14.9 Å². The van der Waals surface area contributed by atoms with Gasteiger partial charge in [-0.15, -0.1) is 58.0 Å². The van der Waals surface area contributed by atoms with Crippen LogP contribution in [0.15, 0.2) is 85.9 Å². The Bertz CT molecular complexity index is 2180. The van der Waals surface area contributed by atoms with Gasteiger partial charge in [-0.1, -0.05) is 58.3 Å². The minimum Gasteiger partial charge on any atom is -0.252 e. The van der Waals surface area contributed by atoms with Gasteiger partial charge in [0.25, 0.3) is 0 Å². The third-order valence-corrected chi connectivity index (χ3v) is 15.0. The smallest absolute Gasteiger partial charge is 0.232 e. The third kappa shape index (κ3) is 7.73. The molecule has 2 aliphatic carbocycles. The molecule has 4 heterocycles. The van der Waals surface area contributed by atoms with Crippen LogP contribution in [0.4, 0.5) is 0 Å². The Hall–Kier alpha value is -2.29. The summed E-state index contributed by atoms with van der Waals surface area (Å²) in [6.45, 7) is 8.51. The number of thiol groups is 3. The number of nitrogens with two attached hydrogens (primary N) is 2. The molecule has 256 valence electrons. The van der Waals surface area contributed by atoms with Crippen molar-refractivity contribution in [2.45, 2.75) is 46.0 Å². The number of thiophene rings is 4. The third-order valence-electron chi connectivity index (χ3n) is 8.85. The van der Waals surface area contributed by atoms with Gasteiger partial charge in [-0.2, -0.15) is 0 Å². The van der Waals surface area contributed by atoms with Crippen molar-refractivity contribution in [3.05, 3.63) is 107 Å². The Labute approximate surface area is 334 Å². The number of nitrogens with zero attached hydrogens (tertiary/aromatic N) is 2. The van der Waals surface area contributed by atoms with E-state index in [0.29, 0.717) is 28.8 Å². The lowest BCUT2D eigenvalue weighted by atomic mass is 9.91. The highest BCUT2D eigenvalue weighted by Crippen LogP contribution is 2.43. The molecule has 0 saturated carbocycles. The first-order chi connectivity index (χ1) is 24.2. The molecule has 0 spiro atoms. The molecular weight excluding hydrogens is 817 g/mol. The van der Waals surface area contributed by atoms with Gasteiger partial charge in [-0.05, 0) is 114 Å². The van der Waals surface area contributed by atoms with E-state index in [1.807, 2.05) is 35.6 Å². The molecule has 0 saturated heterocycles. The van der Waals surface area contributed by atoms with Gasteiger partial charge in [0.15, 0.2) is 11.4 Å². The van der Waals surface area contributed by atoms with Crippen molar-refractivity contribution in [3.8, 4) is 9.75 Å². The van der Waals surface area contributed by atoms with Gasteiger partial charge < -0.3 is 0 Å². The molecule has 4 nitrogen and oxygen atoms in total. The van der Waals surface area contributed by atoms with Crippen LogP contribution in [0.2, 0.25) is 0 Å². The van der Waals surface area contributed by atoms with Crippen molar-refractivity contribution in [2.24, 2.45) is 14.7 Å². The summed E-state index contributed by atoms with van der Waals surface area (Å²) < 4.78 is 9.86. The SMILES string of the molecule is C=C(S)c1ccc(C2=CC=C(c3ccc(C4=CC=C(c5ccc(-c6sc(Br)cc6CC(CC)CCCC)s5)C(=[NH2+])/C4=N\S)s3)/C(=N/S)C2=[NH2+])s1. The standard InChI is InChI=1S/C38H35BrN4S7/c1-4-6-7-21(5-2)18-22-19-33(39)50-38(22)32-17-16-29(49-32)24-9-11-26(37(43-46)35(24)41)31-15-14-30(48-31)25-10-8-23(34(40)36(25)42-45)28-13-12-27(47-28)20(3)44/h8-17,19,21,40-41,44-46H,3-7,18H2,1-2H3/p+2/b40-34?,41-35?,42-36-,43-37-. The number of allylic oxidation sites excluding steroid dienone is 8. The zero-order valence-electron chi connectivity index (χ0n) is 27.6. The first-order valence-electron chi connectivity index (χ1n) is 16.2. The average Bonchev–Trinajstić information content (AvgIpc) is 3.93. The number of hydrogen-bond donors (Lipinski definition) is 5. The van der Waals surface area contributed by atoms with E-state index in [4.69, 9.17) is 10.8 Å². The quantitative estimate of drug-likeness (QED) is 0.0696. The maximum Gasteiger partial charge on any atom is 0.232 e. The highest BCUT2D eigenvalue weighted by atomic mass is 79.9. The van der Waals surface area contributed by atoms with Crippen molar-refractivity contribution in [1.29, 1.82) is 0 Å². The normalized spacial score (nSPS) is 17.2. The summed E-state index contributed by atoms with van der Waals surface area (Å²) in [5, 5.41) is 13.5. The molecule has 50 heavy (non-hydrogen) atoms. The molecule has 2 aliphatic rings. The van der Waals surface area contributed by atoms with Gasteiger partial charge in [0, 0.05) is 50.2 Å². The molecule has 4 aromatic heterocycles. The highest BCUT2D eigenvalue weighted by Gasteiger charge is 2.32. The lowest BCUT2D eigenvalue weighted by molar-refractivity contribution is -0.108. The molecule has 0 radical (unpaired) electrons. The molecule has 0 aromatic carbocycles. The fraction of sp³-hybridized carbons (Fsp3) is 0.211. The van der Waals surface area contributed by atoms with Crippen LogP contribution < -0.4 is 10.8 Å². The molecule has 6 rings (SSSR count). The molecule has 0 fully saturated rings. The summed E-state index contributed by atoms with van der Waals surface area (Å²) in [4.78, 5) is 8.48. The van der Waals surface area contributed by atoms with Gasteiger partial charge in [0.1, 0.15) is 0 Å². The predicted molar refractivity (Wildman–Crippen MR) is 238 cm³/mol. The Morgan fingerprint density at radius 2 is 1.26 bits per heavy atom. The van der Waals surface area contributed by atoms with E-state index in [2.05, 4.69) is 126 Å². The fourth-order valence-electron chi connectivity index (χ4n) is 6.14. The van der Waals surface area contributed by atoms with Crippen molar-refractivity contribution < 1.29 is 10.8 Å². The van der Waals surface area contributed by atoms with Crippen molar-refractivity contribution in [2.75, 3.05) is 0 Å². The van der Waals surface area contributed by atoms with Crippen LogP contribution in [-0.4, -0.2) is 22.8 Å². The van der Waals surface area contributed by atoms with E-state index in [-0.39, 0.29) is 0 Å². The number of rotatable bonds is 12. The van der Waals surface area contributed by atoms with Crippen LogP contribution in [0.5, 0.6) is 0 Å². The number of hydrogen-bond acceptors (Lipinski definition) is 9. The van der Waals surface area contributed by atoms with E-state index < -0.39 is 0 Å². The molecule has 12 heteroatoms. The van der Waals surface area contributed by atoms with Crippen LogP contribution in [0.1, 0.15) is 69.5 Å². The molecule has 0 aliphatic heterocycles. The Kier molecular flexibility index (Phi) is 12.4. The van der Waals surface area contributed by atoms with Gasteiger partial charge in [-0.25, -0.2) is 8.80 Å². The van der Waals surface area contributed by atoms with Crippen LogP contribution in [0, 0.1) is 5.92 Å². The van der Waals surface area contributed by atoms with Gasteiger partial charge in [0.2, 0.25) is 11.4 Å². The van der Waals surface area contributed by atoms with Crippen molar-refractivity contribution in [3.63, 3.8) is 0 Å². The van der Waals surface area contributed by atoms with Gasteiger partial charge in [-0.3, -0.25) is 10.8 Å². The molecule has 4 N–H and O–H groups in total. The van der Waals surface area contributed by atoms with Crippen LogP contribution in [-0.2, 0) is 6.42 Å². The molecular formula is C38H37BrN4S7+2. The summed E-state index contributed by atoms with van der Waals surface area (Å²) in [5.41, 5.74) is 7.58. The number of unbranched alkanes of at least 4 members (excludes halogenated alkanes) is 1. The summed E-state index contributed by atoms with van der Waals surface area (Å²) >= 11 is 23.7. The second-order valence-electron chi connectivity index (χ2n) is 12.0. The summed E-state index contributed by atoms with van der Waals surface area (Å²) in [6.07, 6.45) is 14.4. The summed E-state index contributed by atoms with van der Waals surface area (Å²) in [7, 11) is 0. The molecule has 4 aromatic rings. The van der Waals surface area contributed by atoms with E-state index >= 15 is 0 Å². The zero-order chi connectivity index (χ0) is 35.5. The zero-order valence-corrected chi connectivity index (χ0v) is 35.1. The molecule has 1 unspecified atom stereocenters. The first kappa shape index (κ1) is 37.5. The monoisotopic (exact) mass is 852 g/mol. The number of halogens is 1. The first-order valence-corrected chi connectivity index (χ1v) is 21.5. The summed E-state index contributed by atoms with van der Waals surface area (Å²) in [5.74, 6) is 0.699. The Balaban J connectivity index is 1.27. The van der Waals surface area contributed by atoms with Crippen molar-refractivity contribution >= 4 is 150 Å². The molecule has 1 atom stereocenters. The minimum absolute atomic E-state index is 0.573. The molecule has 0 bridgehead atoms. The van der Waals surface area contributed by atoms with Crippen molar-refractivity contribution in [1.82, 2.24) is 0 Å². The lowest BCUT2D eigenvalue weighted by Crippen LogP contribution is -2.46. The summed E-state index contributed by atoms with van der Waals surface area (Å²) in [6, 6.07) is 14.9. The van der Waals surface area contributed by atoms with E-state index in [0.717, 1.165) is 58.0 Å². The van der Waals surface area contributed by atoms with E-state index in [1.54, 1.807) is 34.0 Å². The fourth-order valence-corrected chi connectivity index (χ4v) is 11.6. The lowest BCUT2D eigenvalue weighted by Gasteiger charge is -2.14. The highest BCUT2D eigenvalue weighted by molar-refractivity contribution is 9.11. The van der Waals surface area contributed by atoms with Crippen LogP contribution in [0.25, 0.3) is 37.0 Å². The predicted octanol–water partition coefficient (Wildman–Crippen LogP) is 9.95. The van der Waals surface area contributed by atoms with E-state index in [9.17, 15) is 0 Å². The van der Waals surface area contributed by atoms with Crippen LogP contribution >= 0.6 is 99.5 Å². The average molecular weight is 854 g/mol. The second kappa shape index (κ2) is 16.6. The van der Waals surface area contributed by atoms with Crippen LogP contribution in [0.3, 0.4) is 0 Å². The maximum absolute atomic E-state index is 6.86. The molecule has 0 amide bonds. The van der Waals surface area contributed by atoms with E-state index in [1.165, 1.54) is 44.8 Å². The Morgan fingerprint density at radius 3 is 1.78 bits per heavy atom.